The highest BCUT2D eigenvalue weighted by Gasteiger charge is 2.32. The van der Waals surface area contributed by atoms with Crippen molar-refractivity contribution >= 4 is 0 Å². The molecule has 3 rings (SSSR count). The van der Waals surface area contributed by atoms with Crippen molar-refractivity contribution in [1.82, 2.24) is 0 Å². The molecule has 0 radical (unpaired) electrons. The summed E-state index contributed by atoms with van der Waals surface area (Å²) >= 11 is 0. The molecule has 0 spiro atoms. The molecule has 0 aliphatic heterocycles. The van der Waals surface area contributed by atoms with Crippen LogP contribution >= 0.6 is 0 Å². The molecule has 2 aliphatic rings. The Morgan fingerprint density at radius 2 is 1.60 bits per heavy atom. The number of benzene rings is 1. The fourth-order valence-electron chi connectivity index (χ4n) is 2.51. The van der Waals surface area contributed by atoms with Gasteiger partial charge in [0, 0.05) is 6.54 Å². The predicted octanol–water partition coefficient (Wildman–Crippen LogP) is 3.21. The first-order valence-electron chi connectivity index (χ1n) is 6.13. The minimum absolute atomic E-state index is 0.691. The van der Waals surface area contributed by atoms with Gasteiger partial charge in [-0.05, 0) is 66.7 Å². The van der Waals surface area contributed by atoms with Crippen molar-refractivity contribution in [1.29, 1.82) is 0 Å². The van der Waals surface area contributed by atoms with Crippen LogP contribution in [0.2, 0.25) is 0 Å². The summed E-state index contributed by atoms with van der Waals surface area (Å²) in [6.45, 7) is 2.89. The molecule has 2 aliphatic carbocycles. The van der Waals surface area contributed by atoms with Crippen LogP contribution in [0.4, 0.5) is 0 Å². The summed E-state index contributed by atoms with van der Waals surface area (Å²) in [5.41, 5.74) is 11.8. The standard InChI is InChI=1S/C14H19N/c1-9-6-13(10-2-3-10)14(11-4-5-11)7-12(9)8-15/h6-7,10-11H,2-5,8,15H2,1H3. The van der Waals surface area contributed by atoms with Gasteiger partial charge in [-0.2, -0.15) is 0 Å². The molecular weight excluding hydrogens is 182 g/mol. The van der Waals surface area contributed by atoms with Crippen LogP contribution in [-0.4, -0.2) is 0 Å². The lowest BCUT2D eigenvalue weighted by atomic mass is 9.93. The first-order valence-corrected chi connectivity index (χ1v) is 6.13. The zero-order valence-corrected chi connectivity index (χ0v) is 9.42. The Kier molecular flexibility index (Phi) is 2.10. The third-order valence-electron chi connectivity index (χ3n) is 3.80. The molecule has 1 aromatic rings. The number of aryl methyl sites for hydroxylation is 1. The maximum Gasteiger partial charge on any atom is 0.0180 e. The van der Waals surface area contributed by atoms with E-state index in [-0.39, 0.29) is 0 Å². The molecule has 1 aromatic carbocycles. The second-order valence-electron chi connectivity index (χ2n) is 5.16. The van der Waals surface area contributed by atoms with Crippen LogP contribution in [0, 0.1) is 6.92 Å². The molecule has 80 valence electrons. The Morgan fingerprint density at radius 3 is 2.07 bits per heavy atom. The van der Waals surface area contributed by atoms with E-state index in [0.29, 0.717) is 6.54 Å². The maximum atomic E-state index is 5.78. The molecule has 0 saturated heterocycles. The van der Waals surface area contributed by atoms with Crippen molar-refractivity contribution in [2.24, 2.45) is 5.73 Å². The third kappa shape index (κ3) is 1.69. The summed E-state index contributed by atoms with van der Waals surface area (Å²) < 4.78 is 0. The highest BCUT2D eigenvalue weighted by atomic mass is 14.5. The van der Waals surface area contributed by atoms with Gasteiger partial charge in [0.05, 0.1) is 0 Å². The number of hydrogen-bond acceptors (Lipinski definition) is 1. The Labute approximate surface area is 91.7 Å². The average molecular weight is 201 g/mol. The van der Waals surface area contributed by atoms with Crippen LogP contribution in [0.3, 0.4) is 0 Å². The Balaban J connectivity index is 2.06. The predicted molar refractivity (Wildman–Crippen MR) is 63.0 cm³/mol. The second kappa shape index (κ2) is 3.34. The highest BCUT2D eigenvalue weighted by Crippen LogP contribution is 2.49. The van der Waals surface area contributed by atoms with Gasteiger partial charge in [-0.25, -0.2) is 0 Å². The molecular formula is C14H19N. The van der Waals surface area contributed by atoms with Crippen LogP contribution in [0.1, 0.15) is 59.8 Å². The first-order chi connectivity index (χ1) is 7.29. The van der Waals surface area contributed by atoms with Gasteiger partial charge in [-0.1, -0.05) is 12.1 Å². The van der Waals surface area contributed by atoms with Crippen LogP contribution in [0.25, 0.3) is 0 Å². The van der Waals surface area contributed by atoms with Gasteiger partial charge in [-0.15, -0.1) is 0 Å². The van der Waals surface area contributed by atoms with E-state index in [4.69, 9.17) is 5.73 Å². The molecule has 0 unspecified atom stereocenters. The van der Waals surface area contributed by atoms with E-state index in [1.807, 2.05) is 0 Å². The van der Waals surface area contributed by atoms with Crippen LogP contribution in [-0.2, 0) is 6.54 Å². The van der Waals surface area contributed by atoms with Gasteiger partial charge < -0.3 is 5.73 Å². The lowest BCUT2D eigenvalue weighted by molar-refractivity contribution is 0.975. The van der Waals surface area contributed by atoms with Gasteiger partial charge >= 0.3 is 0 Å². The van der Waals surface area contributed by atoms with E-state index in [2.05, 4.69) is 19.1 Å². The Hall–Kier alpha value is -0.820. The summed E-state index contributed by atoms with van der Waals surface area (Å²) in [6.07, 6.45) is 5.60. The molecule has 0 amide bonds. The molecule has 15 heavy (non-hydrogen) atoms. The lowest BCUT2D eigenvalue weighted by Crippen LogP contribution is -2.02. The van der Waals surface area contributed by atoms with Crippen LogP contribution in [0.15, 0.2) is 12.1 Å². The smallest absolute Gasteiger partial charge is 0.0180 e. The molecule has 2 N–H and O–H groups in total. The maximum absolute atomic E-state index is 5.78. The fraction of sp³-hybridized carbons (Fsp3) is 0.571. The lowest BCUT2D eigenvalue weighted by Gasteiger charge is -2.13. The molecule has 2 fully saturated rings. The van der Waals surface area contributed by atoms with Crippen molar-refractivity contribution < 1.29 is 0 Å². The van der Waals surface area contributed by atoms with Gasteiger partial charge in [0.25, 0.3) is 0 Å². The van der Waals surface area contributed by atoms with E-state index in [9.17, 15) is 0 Å². The minimum atomic E-state index is 0.691. The van der Waals surface area contributed by atoms with E-state index < -0.39 is 0 Å². The summed E-state index contributed by atoms with van der Waals surface area (Å²) in [7, 11) is 0. The Bertz CT molecular complexity index is 387. The first kappa shape index (κ1) is 9.41. The molecule has 0 aromatic heterocycles. The molecule has 2 saturated carbocycles. The van der Waals surface area contributed by atoms with Crippen LogP contribution in [0.5, 0.6) is 0 Å². The van der Waals surface area contributed by atoms with E-state index in [0.717, 1.165) is 11.8 Å². The van der Waals surface area contributed by atoms with Crippen molar-refractivity contribution in [3.63, 3.8) is 0 Å². The van der Waals surface area contributed by atoms with Crippen molar-refractivity contribution in [3.05, 3.63) is 34.4 Å². The molecule has 0 atom stereocenters. The topological polar surface area (TPSA) is 26.0 Å². The summed E-state index contributed by atoms with van der Waals surface area (Å²) in [4.78, 5) is 0. The van der Waals surface area contributed by atoms with E-state index in [1.165, 1.54) is 36.8 Å². The number of hydrogen-bond donors (Lipinski definition) is 1. The zero-order chi connectivity index (χ0) is 10.4. The second-order valence-corrected chi connectivity index (χ2v) is 5.16. The SMILES string of the molecule is Cc1cc(C2CC2)c(C2CC2)cc1CN. The minimum Gasteiger partial charge on any atom is -0.326 e. The van der Waals surface area contributed by atoms with Crippen molar-refractivity contribution in [2.45, 2.75) is 51.0 Å². The van der Waals surface area contributed by atoms with Crippen LogP contribution < -0.4 is 5.73 Å². The zero-order valence-electron chi connectivity index (χ0n) is 9.42. The quantitative estimate of drug-likeness (QED) is 0.798. The average Bonchev–Trinajstić information content (AvgIpc) is 3.08. The van der Waals surface area contributed by atoms with Crippen molar-refractivity contribution in [3.8, 4) is 0 Å². The molecule has 1 nitrogen and oxygen atoms in total. The molecule has 0 heterocycles. The normalized spacial score (nSPS) is 20.7. The van der Waals surface area contributed by atoms with E-state index >= 15 is 0 Å². The van der Waals surface area contributed by atoms with E-state index in [1.54, 1.807) is 11.1 Å². The largest absolute Gasteiger partial charge is 0.326 e. The summed E-state index contributed by atoms with van der Waals surface area (Å²) in [5, 5.41) is 0. The van der Waals surface area contributed by atoms with Gasteiger partial charge in [-0.3, -0.25) is 0 Å². The number of rotatable bonds is 3. The summed E-state index contributed by atoms with van der Waals surface area (Å²) in [5.74, 6) is 1.75. The van der Waals surface area contributed by atoms with Gasteiger partial charge in [0.2, 0.25) is 0 Å². The number of nitrogens with two attached hydrogens (primary N) is 1. The molecule has 0 bridgehead atoms. The van der Waals surface area contributed by atoms with Gasteiger partial charge in [0.1, 0.15) is 0 Å². The molecule has 1 heteroatoms. The monoisotopic (exact) mass is 201 g/mol. The fourth-order valence-corrected chi connectivity index (χ4v) is 2.51. The highest BCUT2D eigenvalue weighted by molar-refractivity contribution is 5.44. The third-order valence-corrected chi connectivity index (χ3v) is 3.80. The van der Waals surface area contributed by atoms with Crippen molar-refractivity contribution in [2.75, 3.05) is 0 Å². The summed E-state index contributed by atoms with van der Waals surface area (Å²) in [6, 6.07) is 4.80. The van der Waals surface area contributed by atoms with Gasteiger partial charge in [0.15, 0.2) is 0 Å². The Morgan fingerprint density at radius 1 is 1.07 bits per heavy atom.